The SMILES string of the molecule is CC.COc1cc(C/C=C/c2cc(OC)c(OCC3CO3)c(OC)c2)ccc1OCC1CO1. The van der Waals surface area contributed by atoms with Gasteiger partial charge >= 0.3 is 0 Å². The molecule has 0 saturated carbocycles. The van der Waals surface area contributed by atoms with Crippen LogP contribution in [0.4, 0.5) is 0 Å². The van der Waals surface area contributed by atoms with E-state index in [2.05, 4.69) is 6.08 Å². The summed E-state index contributed by atoms with van der Waals surface area (Å²) < 4.78 is 38.5. The number of benzene rings is 2. The van der Waals surface area contributed by atoms with E-state index in [0.717, 1.165) is 42.3 Å². The first-order valence-corrected chi connectivity index (χ1v) is 11.3. The zero-order valence-electron chi connectivity index (χ0n) is 20.1. The van der Waals surface area contributed by atoms with Crippen LogP contribution in [-0.2, 0) is 15.9 Å². The van der Waals surface area contributed by atoms with Crippen molar-refractivity contribution in [2.45, 2.75) is 32.5 Å². The summed E-state index contributed by atoms with van der Waals surface area (Å²) in [7, 11) is 4.88. The Morgan fingerprint density at radius 2 is 1.36 bits per heavy atom. The number of rotatable bonds is 12. The van der Waals surface area contributed by atoms with Crippen molar-refractivity contribution in [3.63, 3.8) is 0 Å². The lowest BCUT2D eigenvalue weighted by Gasteiger charge is -2.15. The van der Waals surface area contributed by atoms with Crippen molar-refractivity contribution in [1.29, 1.82) is 0 Å². The van der Waals surface area contributed by atoms with Crippen molar-refractivity contribution >= 4 is 6.08 Å². The van der Waals surface area contributed by atoms with Gasteiger partial charge in [0, 0.05) is 0 Å². The van der Waals surface area contributed by atoms with Crippen molar-refractivity contribution in [2.24, 2.45) is 0 Å². The summed E-state index contributed by atoms with van der Waals surface area (Å²) in [5.74, 6) is 3.29. The lowest BCUT2D eigenvalue weighted by Crippen LogP contribution is -2.06. The maximum absolute atomic E-state index is 5.85. The summed E-state index contributed by atoms with van der Waals surface area (Å²) in [6, 6.07) is 9.82. The number of hydrogen-bond donors (Lipinski definition) is 0. The minimum absolute atomic E-state index is 0.157. The summed E-state index contributed by atoms with van der Waals surface area (Å²) in [6.45, 7) is 6.53. The van der Waals surface area contributed by atoms with Gasteiger partial charge in [-0.1, -0.05) is 32.1 Å². The minimum atomic E-state index is 0.157. The third-order valence-electron chi connectivity index (χ3n) is 5.02. The normalized spacial score (nSPS) is 18.2. The molecule has 2 aliphatic rings. The van der Waals surface area contributed by atoms with Crippen LogP contribution < -0.4 is 23.7 Å². The van der Waals surface area contributed by atoms with Crippen LogP contribution in [0, 0.1) is 0 Å². The van der Waals surface area contributed by atoms with Gasteiger partial charge in [-0.15, -0.1) is 0 Å². The second kappa shape index (κ2) is 12.4. The minimum Gasteiger partial charge on any atom is -0.493 e. The summed E-state index contributed by atoms with van der Waals surface area (Å²) in [4.78, 5) is 0. The van der Waals surface area contributed by atoms with E-state index in [1.54, 1.807) is 21.3 Å². The van der Waals surface area contributed by atoms with Crippen molar-refractivity contribution in [3.8, 4) is 28.7 Å². The van der Waals surface area contributed by atoms with E-state index in [0.29, 0.717) is 30.5 Å². The Hall–Kier alpha value is -2.90. The highest BCUT2D eigenvalue weighted by atomic mass is 16.6. The Morgan fingerprint density at radius 1 is 0.788 bits per heavy atom. The van der Waals surface area contributed by atoms with Crippen molar-refractivity contribution < 1.29 is 33.2 Å². The Labute approximate surface area is 196 Å². The molecule has 4 rings (SSSR count). The Balaban J connectivity index is 0.00000149. The molecule has 0 spiro atoms. The molecule has 180 valence electrons. The Kier molecular flexibility index (Phi) is 9.27. The summed E-state index contributed by atoms with van der Waals surface area (Å²) in [5, 5.41) is 0. The van der Waals surface area contributed by atoms with E-state index in [1.807, 2.05) is 50.3 Å². The average molecular weight is 459 g/mol. The quantitative estimate of drug-likeness (QED) is 0.432. The van der Waals surface area contributed by atoms with Crippen LogP contribution in [0.1, 0.15) is 25.0 Å². The highest BCUT2D eigenvalue weighted by Gasteiger charge is 2.25. The molecule has 0 radical (unpaired) electrons. The summed E-state index contributed by atoms with van der Waals surface area (Å²) in [6.07, 6.45) is 5.22. The van der Waals surface area contributed by atoms with Crippen LogP contribution in [0.3, 0.4) is 0 Å². The molecular formula is C26H34O7. The molecule has 2 aromatic carbocycles. The molecule has 0 aliphatic carbocycles. The Morgan fingerprint density at radius 3 is 1.91 bits per heavy atom. The van der Waals surface area contributed by atoms with Crippen LogP contribution in [0.5, 0.6) is 28.7 Å². The van der Waals surface area contributed by atoms with Crippen molar-refractivity contribution in [1.82, 2.24) is 0 Å². The molecule has 2 aliphatic heterocycles. The van der Waals surface area contributed by atoms with Gasteiger partial charge < -0.3 is 33.2 Å². The standard InChI is InChI=1S/C24H28O7.C2H6/c1-25-21-9-16(7-8-20(21)30-14-18-12-28-18)5-4-6-17-10-22(26-2)24(23(11-17)27-3)31-15-19-13-29-19;1-2/h4,6-11,18-19H,5,12-15H2,1-3H3;1-2H3/b6-4+;. The topological polar surface area (TPSA) is 71.2 Å². The molecule has 2 saturated heterocycles. The van der Waals surface area contributed by atoms with Gasteiger partial charge in [0.1, 0.15) is 25.4 Å². The first-order chi connectivity index (χ1) is 16.2. The van der Waals surface area contributed by atoms with Gasteiger partial charge in [0.05, 0.1) is 34.5 Å². The van der Waals surface area contributed by atoms with E-state index >= 15 is 0 Å². The highest BCUT2D eigenvalue weighted by molar-refractivity contribution is 5.62. The van der Waals surface area contributed by atoms with E-state index in [1.165, 1.54) is 0 Å². The average Bonchev–Trinajstić information content (AvgIpc) is 3.78. The lowest BCUT2D eigenvalue weighted by atomic mass is 10.1. The van der Waals surface area contributed by atoms with Crippen molar-refractivity contribution in [2.75, 3.05) is 47.8 Å². The lowest BCUT2D eigenvalue weighted by molar-refractivity contribution is 0.241. The molecule has 0 aromatic heterocycles. The monoisotopic (exact) mass is 458 g/mol. The van der Waals surface area contributed by atoms with Crippen LogP contribution in [-0.4, -0.2) is 60.0 Å². The van der Waals surface area contributed by atoms with Gasteiger partial charge in [-0.3, -0.25) is 0 Å². The molecule has 2 aromatic rings. The number of ether oxygens (including phenoxy) is 7. The number of epoxide rings is 2. The van der Waals surface area contributed by atoms with Gasteiger partial charge in [-0.25, -0.2) is 0 Å². The fraction of sp³-hybridized carbons (Fsp3) is 0.462. The molecular weight excluding hydrogens is 424 g/mol. The molecule has 7 heteroatoms. The zero-order chi connectivity index (χ0) is 23.6. The number of hydrogen-bond acceptors (Lipinski definition) is 7. The second-order valence-corrected chi connectivity index (χ2v) is 7.38. The molecule has 2 unspecified atom stereocenters. The summed E-state index contributed by atoms with van der Waals surface area (Å²) in [5.41, 5.74) is 2.08. The van der Waals surface area contributed by atoms with Crippen LogP contribution in [0.2, 0.25) is 0 Å². The molecule has 0 N–H and O–H groups in total. The van der Waals surface area contributed by atoms with Crippen molar-refractivity contribution in [3.05, 3.63) is 47.5 Å². The van der Waals surface area contributed by atoms with Crippen LogP contribution in [0.25, 0.3) is 6.08 Å². The molecule has 33 heavy (non-hydrogen) atoms. The smallest absolute Gasteiger partial charge is 0.203 e. The van der Waals surface area contributed by atoms with Gasteiger partial charge in [0.15, 0.2) is 23.0 Å². The third kappa shape index (κ3) is 7.30. The first kappa shape index (κ1) is 24.7. The molecule has 2 atom stereocenters. The first-order valence-electron chi connectivity index (χ1n) is 11.3. The molecule has 0 amide bonds. The molecule has 2 fully saturated rings. The van der Waals surface area contributed by atoms with E-state index in [-0.39, 0.29) is 12.2 Å². The van der Waals surface area contributed by atoms with E-state index < -0.39 is 0 Å². The number of allylic oxidation sites excluding steroid dienone is 1. The highest BCUT2D eigenvalue weighted by Crippen LogP contribution is 2.39. The van der Waals surface area contributed by atoms with Gasteiger partial charge in [0.25, 0.3) is 0 Å². The van der Waals surface area contributed by atoms with Gasteiger partial charge in [-0.2, -0.15) is 0 Å². The van der Waals surface area contributed by atoms with E-state index in [4.69, 9.17) is 33.2 Å². The molecule has 7 nitrogen and oxygen atoms in total. The third-order valence-corrected chi connectivity index (χ3v) is 5.02. The maximum atomic E-state index is 5.85. The van der Waals surface area contributed by atoms with Gasteiger partial charge in [0.2, 0.25) is 5.75 Å². The van der Waals surface area contributed by atoms with Crippen LogP contribution >= 0.6 is 0 Å². The van der Waals surface area contributed by atoms with E-state index in [9.17, 15) is 0 Å². The molecule has 2 heterocycles. The predicted molar refractivity (Wildman–Crippen MR) is 127 cm³/mol. The second-order valence-electron chi connectivity index (χ2n) is 7.38. The predicted octanol–water partition coefficient (Wildman–Crippen LogP) is 4.55. The maximum Gasteiger partial charge on any atom is 0.203 e. The van der Waals surface area contributed by atoms with Crippen LogP contribution in [0.15, 0.2) is 36.4 Å². The largest absolute Gasteiger partial charge is 0.493 e. The molecule has 0 bridgehead atoms. The Bertz CT molecular complexity index is 892. The van der Waals surface area contributed by atoms with Gasteiger partial charge in [-0.05, 0) is 41.8 Å². The fourth-order valence-electron chi connectivity index (χ4n) is 3.12. The zero-order valence-corrected chi connectivity index (χ0v) is 20.1. The summed E-state index contributed by atoms with van der Waals surface area (Å²) >= 11 is 0. The fourth-order valence-corrected chi connectivity index (χ4v) is 3.12. The number of methoxy groups -OCH3 is 3.